The van der Waals surface area contributed by atoms with Crippen molar-refractivity contribution in [3.8, 4) is 0 Å². The van der Waals surface area contributed by atoms with E-state index in [1.165, 1.54) is 0 Å². The Morgan fingerprint density at radius 2 is 1.46 bits per heavy atom. The van der Waals surface area contributed by atoms with Crippen LogP contribution in [0, 0.1) is 6.92 Å². The average Bonchev–Trinajstić information content (AvgIpc) is 2.71. The van der Waals surface area contributed by atoms with Crippen LogP contribution in [-0.2, 0) is 9.59 Å². The van der Waals surface area contributed by atoms with Crippen molar-refractivity contribution >= 4 is 29.1 Å². The van der Waals surface area contributed by atoms with Crippen molar-refractivity contribution in [3.05, 3.63) is 101 Å². The van der Waals surface area contributed by atoms with E-state index < -0.39 is 5.92 Å². The van der Waals surface area contributed by atoms with E-state index in [2.05, 4.69) is 10.6 Å². The highest BCUT2D eigenvalue weighted by Gasteiger charge is 2.22. The summed E-state index contributed by atoms with van der Waals surface area (Å²) < 4.78 is 0. The summed E-state index contributed by atoms with van der Waals surface area (Å²) in [6.07, 6.45) is 0. The van der Waals surface area contributed by atoms with Gasteiger partial charge in [-0.25, -0.2) is 0 Å². The van der Waals surface area contributed by atoms with Gasteiger partial charge in [0.1, 0.15) is 0 Å². The molecule has 5 heteroatoms. The maximum atomic E-state index is 12.9. The second-order valence-corrected chi connectivity index (χ2v) is 6.92. The third kappa shape index (κ3) is 4.99. The minimum Gasteiger partial charge on any atom is -0.346 e. The number of carbonyl (C=O) groups is 2. The van der Waals surface area contributed by atoms with Crippen LogP contribution in [0.25, 0.3) is 0 Å². The fourth-order valence-electron chi connectivity index (χ4n) is 2.98. The molecule has 0 spiro atoms. The molecule has 0 aromatic heterocycles. The molecule has 3 rings (SSSR count). The zero-order chi connectivity index (χ0) is 19.9. The number of carbonyl (C=O) groups excluding carboxylic acids is 2. The second kappa shape index (κ2) is 9.20. The van der Waals surface area contributed by atoms with Gasteiger partial charge in [0.25, 0.3) is 0 Å². The molecule has 28 heavy (non-hydrogen) atoms. The van der Waals surface area contributed by atoms with Crippen molar-refractivity contribution in [2.45, 2.75) is 12.8 Å². The molecule has 4 nitrogen and oxygen atoms in total. The number of rotatable bonds is 6. The highest BCUT2D eigenvalue weighted by atomic mass is 35.5. The van der Waals surface area contributed by atoms with Gasteiger partial charge in [0, 0.05) is 10.7 Å². The van der Waals surface area contributed by atoms with E-state index >= 15 is 0 Å². The first-order valence-corrected chi connectivity index (χ1v) is 9.36. The van der Waals surface area contributed by atoms with Gasteiger partial charge in [0.05, 0.1) is 12.5 Å². The molecule has 142 valence electrons. The number of hydrogen-bond acceptors (Lipinski definition) is 2. The monoisotopic (exact) mass is 392 g/mol. The number of halogens is 1. The predicted octanol–water partition coefficient (Wildman–Crippen LogP) is 4.54. The summed E-state index contributed by atoms with van der Waals surface area (Å²) in [5.74, 6) is -1.02. The zero-order valence-electron chi connectivity index (χ0n) is 15.5. The summed E-state index contributed by atoms with van der Waals surface area (Å²) in [4.78, 5) is 25.2. The third-order valence-electron chi connectivity index (χ3n) is 4.42. The number of anilines is 1. The molecule has 0 unspecified atom stereocenters. The van der Waals surface area contributed by atoms with E-state index in [4.69, 9.17) is 11.6 Å². The van der Waals surface area contributed by atoms with Crippen molar-refractivity contribution in [2.75, 3.05) is 11.9 Å². The quantitative estimate of drug-likeness (QED) is 0.647. The van der Waals surface area contributed by atoms with Gasteiger partial charge in [-0.05, 0) is 35.7 Å². The Labute approximate surface area is 169 Å². The first-order valence-electron chi connectivity index (χ1n) is 8.98. The molecule has 0 bridgehead atoms. The first kappa shape index (κ1) is 19.6. The Kier molecular flexibility index (Phi) is 6.45. The van der Waals surface area contributed by atoms with Crippen molar-refractivity contribution in [2.24, 2.45) is 0 Å². The Bertz CT molecular complexity index is 919. The molecular formula is C23H21ClN2O2. The Hall–Kier alpha value is -3.11. The number of amides is 2. The minimum atomic E-state index is -0.483. The van der Waals surface area contributed by atoms with Crippen LogP contribution in [0.15, 0.2) is 78.9 Å². The number of nitrogens with one attached hydrogen (secondary N) is 2. The Morgan fingerprint density at radius 3 is 2.04 bits per heavy atom. The smallest absolute Gasteiger partial charge is 0.243 e. The molecule has 0 saturated heterocycles. The molecule has 0 heterocycles. The van der Waals surface area contributed by atoms with Crippen molar-refractivity contribution < 1.29 is 9.59 Å². The van der Waals surface area contributed by atoms with Gasteiger partial charge in [-0.1, -0.05) is 78.3 Å². The summed E-state index contributed by atoms with van der Waals surface area (Å²) >= 11 is 5.98. The SMILES string of the molecule is Cc1ccc(Cl)cc1NC(=O)CNC(=O)C(c1ccccc1)c1ccccc1. The number of hydrogen-bond donors (Lipinski definition) is 2. The van der Waals surface area contributed by atoms with E-state index in [9.17, 15) is 9.59 Å². The fourth-order valence-corrected chi connectivity index (χ4v) is 3.15. The lowest BCUT2D eigenvalue weighted by Gasteiger charge is -2.18. The lowest BCUT2D eigenvalue weighted by atomic mass is 9.90. The zero-order valence-corrected chi connectivity index (χ0v) is 16.2. The maximum absolute atomic E-state index is 12.9. The largest absolute Gasteiger partial charge is 0.346 e. The Balaban J connectivity index is 1.70. The summed E-state index contributed by atoms with van der Waals surface area (Å²) in [6, 6.07) is 24.3. The summed E-state index contributed by atoms with van der Waals surface area (Å²) in [5, 5.41) is 6.08. The molecule has 3 aromatic rings. The van der Waals surface area contributed by atoms with E-state index in [1.807, 2.05) is 73.7 Å². The van der Waals surface area contributed by atoms with E-state index in [1.54, 1.807) is 12.1 Å². The molecule has 2 amide bonds. The normalized spacial score (nSPS) is 10.5. The molecule has 0 fully saturated rings. The van der Waals surface area contributed by atoms with Gasteiger partial charge >= 0.3 is 0 Å². The molecule has 0 radical (unpaired) electrons. The first-order chi connectivity index (χ1) is 13.5. The number of aryl methyl sites for hydroxylation is 1. The highest BCUT2D eigenvalue weighted by Crippen LogP contribution is 2.24. The van der Waals surface area contributed by atoms with Crippen LogP contribution >= 0.6 is 11.6 Å². The molecule has 0 aliphatic rings. The molecular weight excluding hydrogens is 372 g/mol. The van der Waals surface area contributed by atoms with Crippen LogP contribution in [0.3, 0.4) is 0 Å². The maximum Gasteiger partial charge on any atom is 0.243 e. The molecule has 0 aliphatic heterocycles. The van der Waals surface area contributed by atoms with Gasteiger partial charge in [0.2, 0.25) is 11.8 Å². The van der Waals surface area contributed by atoms with Crippen LogP contribution in [-0.4, -0.2) is 18.4 Å². The van der Waals surface area contributed by atoms with Gasteiger partial charge in [-0.3, -0.25) is 9.59 Å². The van der Waals surface area contributed by atoms with E-state index in [0.717, 1.165) is 16.7 Å². The second-order valence-electron chi connectivity index (χ2n) is 6.48. The van der Waals surface area contributed by atoms with Gasteiger partial charge in [-0.15, -0.1) is 0 Å². The average molecular weight is 393 g/mol. The van der Waals surface area contributed by atoms with Crippen LogP contribution in [0.4, 0.5) is 5.69 Å². The summed E-state index contributed by atoms with van der Waals surface area (Å²) in [5.41, 5.74) is 3.28. The number of benzene rings is 3. The van der Waals surface area contributed by atoms with E-state index in [-0.39, 0.29) is 18.4 Å². The highest BCUT2D eigenvalue weighted by molar-refractivity contribution is 6.31. The molecule has 0 saturated carbocycles. The lowest BCUT2D eigenvalue weighted by molar-refractivity contribution is -0.124. The van der Waals surface area contributed by atoms with Crippen LogP contribution < -0.4 is 10.6 Å². The van der Waals surface area contributed by atoms with Crippen LogP contribution in [0.5, 0.6) is 0 Å². The lowest BCUT2D eigenvalue weighted by Crippen LogP contribution is -2.36. The minimum absolute atomic E-state index is 0.124. The topological polar surface area (TPSA) is 58.2 Å². The Morgan fingerprint density at radius 1 is 0.893 bits per heavy atom. The standard InChI is InChI=1S/C23H21ClN2O2/c1-16-12-13-19(24)14-20(16)26-21(27)15-25-23(28)22(17-8-4-2-5-9-17)18-10-6-3-7-11-18/h2-14,22H,15H2,1H3,(H,25,28)(H,26,27). The van der Waals surface area contributed by atoms with Crippen LogP contribution in [0.2, 0.25) is 5.02 Å². The van der Waals surface area contributed by atoms with Crippen LogP contribution in [0.1, 0.15) is 22.6 Å². The predicted molar refractivity (Wildman–Crippen MR) is 113 cm³/mol. The van der Waals surface area contributed by atoms with Gasteiger partial charge in [0.15, 0.2) is 0 Å². The van der Waals surface area contributed by atoms with Crippen molar-refractivity contribution in [1.29, 1.82) is 0 Å². The van der Waals surface area contributed by atoms with Gasteiger partial charge in [-0.2, -0.15) is 0 Å². The van der Waals surface area contributed by atoms with Crippen molar-refractivity contribution in [1.82, 2.24) is 5.32 Å². The molecule has 0 aliphatic carbocycles. The van der Waals surface area contributed by atoms with Crippen molar-refractivity contribution in [3.63, 3.8) is 0 Å². The fraction of sp³-hybridized carbons (Fsp3) is 0.130. The van der Waals surface area contributed by atoms with E-state index in [0.29, 0.717) is 10.7 Å². The molecule has 0 atom stereocenters. The molecule has 2 N–H and O–H groups in total. The molecule has 3 aromatic carbocycles. The summed E-state index contributed by atoms with van der Waals surface area (Å²) in [6.45, 7) is 1.76. The third-order valence-corrected chi connectivity index (χ3v) is 4.66. The van der Waals surface area contributed by atoms with Gasteiger partial charge < -0.3 is 10.6 Å². The summed E-state index contributed by atoms with van der Waals surface area (Å²) in [7, 11) is 0.